The van der Waals surface area contributed by atoms with E-state index in [1.165, 1.54) is 0 Å². The van der Waals surface area contributed by atoms with E-state index in [2.05, 4.69) is 5.32 Å². The number of methoxy groups -OCH3 is 1. The largest absolute Gasteiger partial charge is 0.396 e. The molecule has 5 heteroatoms. The number of amides is 1. The minimum absolute atomic E-state index is 0.0539. The average Bonchev–Trinajstić information content (AvgIpc) is 2.22. The molecule has 2 atom stereocenters. The van der Waals surface area contributed by atoms with Crippen molar-refractivity contribution in [1.82, 2.24) is 5.32 Å². The van der Waals surface area contributed by atoms with Crippen LogP contribution >= 0.6 is 0 Å². The van der Waals surface area contributed by atoms with Crippen LogP contribution in [0.4, 0.5) is 0 Å². The van der Waals surface area contributed by atoms with Gasteiger partial charge in [0.05, 0.1) is 6.04 Å². The lowest BCUT2D eigenvalue weighted by Crippen LogP contribution is -2.44. The summed E-state index contributed by atoms with van der Waals surface area (Å²) in [6.45, 7) is 2.53. The van der Waals surface area contributed by atoms with Crippen LogP contribution in [0.5, 0.6) is 0 Å². The number of aliphatic hydroxyl groups excluding tert-OH is 1. The summed E-state index contributed by atoms with van der Waals surface area (Å²) in [7, 11) is 1.58. The number of carbonyl (C=O) groups is 1. The molecule has 2 unspecified atom stereocenters. The highest BCUT2D eigenvalue weighted by molar-refractivity contribution is 5.81. The molecule has 1 amide bonds. The molecule has 5 nitrogen and oxygen atoms in total. The van der Waals surface area contributed by atoms with Crippen LogP contribution in [0, 0.1) is 0 Å². The Morgan fingerprint density at radius 3 is 2.73 bits per heavy atom. The predicted molar refractivity (Wildman–Crippen MR) is 58.4 cm³/mol. The number of nitrogens with one attached hydrogen (secondary N) is 1. The fourth-order valence-corrected chi connectivity index (χ4v) is 1.20. The molecular weight excluding hydrogens is 196 g/mol. The molecule has 0 heterocycles. The molecule has 0 aromatic heterocycles. The van der Waals surface area contributed by atoms with E-state index in [0.29, 0.717) is 19.4 Å². The first-order chi connectivity index (χ1) is 7.11. The summed E-state index contributed by atoms with van der Waals surface area (Å²) in [4.78, 5) is 11.5. The van der Waals surface area contributed by atoms with Crippen LogP contribution in [0.3, 0.4) is 0 Å². The monoisotopic (exact) mass is 218 g/mol. The van der Waals surface area contributed by atoms with Crippen molar-refractivity contribution in [2.24, 2.45) is 5.73 Å². The molecule has 15 heavy (non-hydrogen) atoms. The SMILES string of the molecule is COCCC(N)C(=O)NC(C)CCCO. The van der Waals surface area contributed by atoms with Crippen LogP contribution in [-0.4, -0.2) is 43.4 Å². The molecule has 0 aromatic rings. The van der Waals surface area contributed by atoms with Crippen LogP contribution in [0.1, 0.15) is 26.2 Å². The molecule has 0 bridgehead atoms. The Balaban J connectivity index is 3.70. The van der Waals surface area contributed by atoms with E-state index in [0.717, 1.165) is 6.42 Å². The first-order valence-corrected chi connectivity index (χ1v) is 5.27. The van der Waals surface area contributed by atoms with Gasteiger partial charge >= 0.3 is 0 Å². The van der Waals surface area contributed by atoms with Crippen LogP contribution in [-0.2, 0) is 9.53 Å². The minimum Gasteiger partial charge on any atom is -0.396 e. The summed E-state index contributed by atoms with van der Waals surface area (Å²) in [6.07, 6.45) is 1.98. The Morgan fingerprint density at radius 2 is 2.20 bits per heavy atom. The van der Waals surface area contributed by atoms with Crippen LogP contribution < -0.4 is 11.1 Å². The van der Waals surface area contributed by atoms with Crippen molar-refractivity contribution in [1.29, 1.82) is 0 Å². The molecule has 0 saturated heterocycles. The number of nitrogens with two attached hydrogens (primary N) is 1. The smallest absolute Gasteiger partial charge is 0.237 e. The van der Waals surface area contributed by atoms with E-state index in [9.17, 15) is 4.79 Å². The molecule has 0 aliphatic carbocycles. The predicted octanol–water partition coefficient (Wildman–Crippen LogP) is -0.373. The molecule has 0 saturated carbocycles. The lowest BCUT2D eigenvalue weighted by Gasteiger charge is -2.16. The van der Waals surface area contributed by atoms with Gasteiger partial charge in [0, 0.05) is 26.4 Å². The molecule has 0 fully saturated rings. The molecule has 90 valence electrons. The normalized spacial score (nSPS) is 14.7. The van der Waals surface area contributed by atoms with Gasteiger partial charge in [-0.3, -0.25) is 4.79 Å². The first kappa shape index (κ1) is 14.3. The number of ether oxygens (including phenoxy) is 1. The zero-order valence-corrected chi connectivity index (χ0v) is 9.53. The van der Waals surface area contributed by atoms with Gasteiger partial charge in [-0.15, -0.1) is 0 Å². The Kier molecular flexibility index (Phi) is 8.27. The van der Waals surface area contributed by atoms with E-state index < -0.39 is 6.04 Å². The second kappa shape index (κ2) is 8.64. The summed E-state index contributed by atoms with van der Waals surface area (Å²) in [5, 5.41) is 11.4. The van der Waals surface area contributed by atoms with Gasteiger partial charge in [-0.05, 0) is 26.2 Å². The Bertz CT molecular complexity index is 176. The molecule has 4 N–H and O–H groups in total. The molecule has 0 rings (SSSR count). The molecule has 0 radical (unpaired) electrons. The highest BCUT2D eigenvalue weighted by Gasteiger charge is 2.14. The zero-order valence-electron chi connectivity index (χ0n) is 9.53. The molecule has 0 aromatic carbocycles. The van der Waals surface area contributed by atoms with Crippen LogP contribution in [0.25, 0.3) is 0 Å². The number of hydrogen-bond acceptors (Lipinski definition) is 4. The van der Waals surface area contributed by atoms with Crippen molar-refractivity contribution in [3.63, 3.8) is 0 Å². The topological polar surface area (TPSA) is 84.6 Å². The maximum Gasteiger partial charge on any atom is 0.237 e. The highest BCUT2D eigenvalue weighted by Crippen LogP contribution is 1.97. The third kappa shape index (κ3) is 7.30. The van der Waals surface area contributed by atoms with E-state index in [1.54, 1.807) is 7.11 Å². The Morgan fingerprint density at radius 1 is 1.53 bits per heavy atom. The fraction of sp³-hybridized carbons (Fsp3) is 0.900. The van der Waals surface area contributed by atoms with Crippen LogP contribution in [0.2, 0.25) is 0 Å². The van der Waals surface area contributed by atoms with Crippen molar-refractivity contribution in [2.45, 2.75) is 38.3 Å². The third-order valence-corrected chi connectivity index (χ3v) is 2.15. The van der Waals surface area contributed by atoms with Crippen molar-refractivity contribution >= 4 is 5.91 Å². The molecule has 0 spiro atoms. The number of aliphatic hydroxyl groups is 1. The van der Waals surface area contributed by atoms with Gasteiger partial charge in [0.1, 0.15) is 0 Å². The molecule has 0 aliphatic heterocycles. The number of hydrogen-bond donors (Lipinski definition) is 3. The number of rotatable bonds is 8. The van der Waals surface area contributed by atoms with Crippen molar-refractivity contribution < 1.29 is 14.6 Å². The number of carbonyl (C=O) groups excluding carboxylic acids is 1. The maximum atomic E-state index is 11.5. The van der Waals surface area contributed by atoms with E-state index in [1.807, 2.05) is 6.92 Å². The van der Waals surface area contributed by atoms with Crippen LogP contribution in [0.15, 0.2) is 0 Å². The Labute approximate surface area is 91.0 Å². The van der Waals surface area contributed by atoms with Crippen molar-refractivity contribution in [3.8, 4) is 0 Å². The summed E-state index contributed by atoms with van der Waals surface area (Å²) >= 11 is 0. The quantitative estimate of drug-likeness (QED) is 0.519. The molecule has 0 aliphatic rings. The second-order valence-corrected chi connectivity index (χ2v) is 3.66. The lowest BCUT2D eigenvalue weighted by molar-refractivity contribution is -0.123. The van der Waals surface area contributed by atoms with Gasteiger partial charge in [-0.25, -0.2) is 0 Å². The lowest BCUT2D eigenvalue weighted by atomic mass is 10.1. The van der Waals surface area contributed by atoms with Crippen molar-refractivity contribution in [2.75, 3.05) is 20.3 Å². The van der Waals surface area contributed by atoms with E-state index in [4.69, 9.17) is 15.6 Å². The standard InChI is InChI=1S/C10H22N2O3/c1-8(4-3-6-13)12-10(14)9(11)5-7-15-2/h8-9,13H,3-7,11H2,1-2H3,(H,12,14). The van der Waals surface area contributed by atoms with Gasteiger partial charge < -0.3 is 20.9 Å². The van der Waals surface area contributed by atoms with Gasteiger partial charge in [-0.1, -0.05) is 0 Å². The zero-order chi connectivity index (χ0) is 11.7. The summed E-state index contributed by atoms with van der Waals surface area (Å²) in [5.74, 6) is -0.155. The van der Waals surface area contributed by atoms with Gasteiger partial charge in [0.15, 0.2) is 0 Å². The summed E-state index contributed by atoms with van der Waals surface area (Å²) in [5.41, 5.74) is 5.64. The van der Waals surface area contributed by atoms with Gasteiger partial charge in [-0.2, -0.15) is 0 Å². The fourth-order valence-electron chi connectivity index (χ4n) is 1.20. The maximum absolute atomic E-state index is 11.5. The highest BCUT2D eigenvalue weighted by atomic mass is 16.5. The molecular formula is C10H22N2O3. The summed E-state index contributed by atoms with van der Waals surface area (Å²) in [6, 6.07) is -0.459. The van der Waals surface area contributed by atoms with Crippen molar-refractivity contribution in [3.05, 3.63) is 0 Å². The first-order valence-electron chi connectivity index (χ1n) is 5.27. The summed E-state index contributed by atoms with van der Waals surface area (Å²) < 4.78 is 4.84. The van der Waals surface area contributed by atoms with Gasteiger partial charge in [0.2, 0.25) is 5.91 Å². The second-order valence-electron chi connectivity index (χ2n) is 3.66. The Hall–Kier alpha value is -0.650. The van der Waals surface area contributed by atoms with Gasteiger partial charge in [0.25, 0.3) is 0 Å². The third-order valence-electron chi connectivity index (χ3n) is 2.15. The van der Waals surface area contributed by atoms with E-state index in [-0.39, 0.29) is 18.6 Å². The minimum atomic E-state index is -0.512. The van der Waals surface area contributed by atoms with E-state index >= 15 is 0 Å². The average molecular weight is 218 g/mol.